The van der Waals surface area contributed by atoms with Crippen LogP contribution in [0.25, 0.3) is 0 Å². The van der Waals surface area contributed by atoms with Gasteiger partial charge in [0.15, 0.2) is 5.82 Å². The van der Waals surface area contributed by atoms with Gasteiger partial charge in [-0.2, -0.15) is 10.1 Å². The molecule has 2 heterocycles. The highest BCUT2D eigenvalue weighted by molar-refractivity contribution is 5.81. The Morgan fingerprint density at radius 2 is 2.25 bits per heavy atom. The van der Waals surface area contributed by atoms with E-state index in [1.165, 1.54) is 0 Å². The Kier molecular flexibility index (Phi) is 3.87. The van der Waals surface area contributed by atoms with E-state index in [4.69, 9.17) is 4.52 Å². The maximum atomic E-state index is 11.9. The number of amides is 1. The van der Waals surface area contributed by atoms with E-state index in [0.29, 0.717) is 18.3 Å². The van der Waals surface area contributed by atoms with Crippen LogP contribution in [-0.4, -0.2) is 25.8 Å². The molecule has 0 aliphatic heterocycles. The fourth-order valence-electron chi connectivity index (χ4n) is 1.52. The molecule has 2 aromatic heterocycles. The normalized spacial score (nSPS) is 13.2. The van der Waals surface area contributed by atoms with Crippen molar-refractivity contribution in [3.8, 4) is 0 Å². The van der Waals surface area contributed by atoms with Crippen molar-refractivity contribution in [2.75, 3.05) is 0 Å². The molecule has 1 unspecified atom stereocenters. The molecule has 0 spiro atoms. The van der Waals surface area contributed by atoms with Gasteiger partial charge in [-0.05, 0) is 13.0 Å². The van der Waals surface area contributed by atoms with Crippen LogP contribution in [0.15, 0.2) is 23.0 Å². The first-order valence-corrected chi connectivity index (χ1v) is 6.47. The Balaban J connectivity index is 1.99. The maximum absolute atomic E-state index is 11.9. The van der Waals surface area contributed by atoms with Crippen molar-refractivity contribution >= 4 is 5.91 Å². The van der Waals surface area contributed by atoms with Crippen molar-refractivity contribution in [2.24, 2.45) is 5.41 Å². The van der Waals surface area contributed by atoms with Crippen molar-refractivity contribution in [1.82, 2.24) is 25.2 Å². The van der Waals surface area contributed by atoms with Crippen LogP contribution in [0, 0.1) is 5.41 Å². The minimum absolute atomic E-state index is 0.0585. The number of carbonyl (C=O) groups excluding carboxylic acids is 1. The smallest absolute Gasteiger partial charge is 0.248 e. The van der Waals surface area contributed by atoms with Gasteiger partial charge >= 0.3 is 0 Å². The molecule has 0 radical (unpaired) electrons. The molecule has 7 nitrogen and oxygen atoms in total. The average Bonchev–Trinajstić information content (AvgIpc) is 2.99. The SMILES string of the molecule is CC(NC(=O)C(C)(C)C)c1nc(Cn2cccn2)no1. The summed E-state index contributed by atoms with van der Waals surface area (Å²) in [6.07, 6.45) is 3.51. The second-order valence-electron chi connectivity index (χ2n) is 5.70. The van der Waals surface area contributed by atoms with Crippen LogP contribution in [0.2, 0.25) is 0 Å². The van der Waals surface area contributed by atoms with E-state index >= 15 is 0 Å². The third kappa shape index (κ3) is 3.43. The van der Waals surface area contributed by atoms with Gasteiger partial charge in [0.05, 0.1) is 0 Å². The molecule has 0 saturated heterocycles. The van der Waals surface area contributed by atoms with Crippen LogP contribution in [0.1, 0.15) is 45.5 Å². The predicted molar refractivity (Wildman–Crippen MR) is 71.6 cm³/mol. The summed E-state index contributed by atoms with van der Waals surface area (Å²) in [4.78, 5) is 16.2. The number of nitrogens with one attached hydrogen (secondary N) is 1. The largest absolute Gasteiger partial charge is 0.344 e. The van der Waals surface area contributed by atoms with E-state index in [1.54, 1.807) is 10.9 Å². The van der Waals surface area contributed by atoms with Gasteiger partial charge in [-0.25, -0.2) is 0 Å². The summed E-state index contributed by atoms with van der Waals surface area (Å²) in [6.45, 7) is 7.81. The van der Waals surface area contributed by atoms with Crippen LogP contribution in [-0.2, 0) is 11.3 Å². The topological polar surface area (TPSA) is 85.8 Å². The second kappa shape index (κ2) is 5.44. The monoisotopic (exact) mass is 277 g/mol. The zero-order chi connectivity index (χ0) is 14.8. The van der Waals surface area contributed by atoms with Crippen molar-refractivity contribution in [3.63, 3.8) is 0 Å². The summed E-state index contributed by atoms with van der Waals surface area (Å²) in [5, 5.41) is 10.8. The molecule has 2 rings (SSSR count). The number of hydrogen-bond donors (Lipinski definition) is 1. The third-order valence-electron chi connectivity index (χ3n) is 2.75. The molecule has 1 N–H and O–H groups in total. The molecule has 2 aromatic rings. The molecule has 108 valence electrons. The highest BCUT2D eigenvalue weighted by Gasteiger charge is 2.25. The molecule has 1 amide bonds. The molecule has 0 saturated carbocycles. The number of hydrogen-bond acceptors (Lipinski definition) is 5. The molecular weight excluding hydrogens is 258 g/mol. The Labute approximate surface area is 117 Å². The summed E-state index contributed by atoms with van der Waals surface area (Å²) in [5.74, 6) is 0.863. The van der Waals surface area contributed by atoms with E-state index in [1.807, 2.05) is 40.0 Å². The van der Waals surface area contributed by atoms with E-state index in [-0.39, 0.29) is 11.9 Å². The van der Waals surface area contributed by atoms with Crippen molar-refractivity contribution in [3.05, 3.63) is 30.2 Å². The third-order valence-corrected chi connectivity index (χ3v) is 2.75. The van der Waals surface area contributed by atoms with E-state index < -0.39 is 5.41 Å². The summed E-state index contributed by atoms with van der Waals surface area (Å²) in [5.41, 5.74) is -0.452. The Bertz CT molecular complexity index is 568. The molecule has 0 fully saturated rings. The first kappa shape index (κ1) is 14.2. The Morgan fingerprint density at radius 1 is 1.50 bits per heavy atom. The van der Waals surface area contributed by atoms with Crippen LogP contribution in [0.5, 0.6) is 0 Å². The zero-order valence-electron chi connectivity index (χ0n) is 12.1. The van der Waals surface area contributed by atoms with E-state index in [9.17, 15) is 4.79 Å². The molecule has 0 aromatic carbocycles. The minimum Gasteiger partial charge on any atom is -0.344 e. The molecule has 0 aliphatic rings. The lowest BCUT2D eigenvalue weighted by atomic mass is 9.95. The second-order valence-corrected chi connectivity index (χ2v) is 5.70. The molecule has 1 atom stereocenters. The van der Waals surface area contributed by atoms with Gasteiger partial charge in [-0.3, -0.25) is 9.48 Å². The van der Waals surface area contributed by atoms with E-state index in [0.717, 1.165) is 0 Å². The number of nitrogens with zero attached hydrogens (tertiary/aromatic N) is 4. The molecular formula is C13H19N5O2. The van der Waals surface area contributed by atoms with Gasteiger partial charge in [-0.1, -0.05) is 25.9 Å². The minimum atomic E-state index is -0.452. The van der Waals surface area contributed by atoms with E-state index in [2.05, 4.69) is 20.6 Å². The molecule has 0 aliphatic carbocycles. The van der Waals surface area contributed by atoms with Crippen molar-refractivity contribution in [1.29, 1.82) is 0 Å². The highest BCUT2D eigenvalue weighted by atomic mass is 16.5. The number of carbonyl (C=O) groups is 1. The summed E-state index contributed by atoms with van der Waals surface area (Å²) in [7, 11) is 0. The fourth-order valence-corrected chi connectivity index (χ4v) is 1.52. The van der Waals surface area contributed by atoms with Crippen LogP contribution >= 0.6 is 0 Å². The van der Waals surface area contributed by atoms with Gasteiger partial charge in [0.2, 0.25) is 11.8 Å². The molecule has 7 heteroatoms. The fraction of sp³-hybridized carbons (Fsp3) is 0.538. The van der Waals surface area contributed by atoms with Crippen LogP contribution < -0.4 is 5.32 Å². The Morgan fingerprint density at radius 3 is 2.85 bits per heavy atom. The zero-order valence-corrected chi connectivity index (χ0v) is 12.1. The van der Waals surface area contributed by atoms with Crippen molar-refractivity contribution in [2.45, 2.75) is 40.3 Å². The first-order chi connectivity index (χ1) is 9.36. The summed E-state index contributed by atoms with van der Waals surface area (Å²) in [6, 6.07) is 1.51. The quantitative estimate of drug-likeness (QED) is 0.916. The lowest BCUT2D eigenvalue weighted by Crippen LogP contribution is -2.36. The first-order valence-electron chi connectivity index (χ1n) is 6.47. The maximum Gasteiger partial charge on any atom is 0.248 e. The molecule has 0 bridgehead atoms. The lowest BCUT2D eigenvalue weighted by Gasteiger charge is -2.19. The number of rotatable bonds is 4. The summed E-state index contributed by atoms with van der Waals surface area (Å²) < 4.78 is 6.87. The number of aromatic nitrogens is 4. The standard InChI is InChI=1S/C13H19N5O2/c1-9(15-12(19)13(2,3)4)11-16-10(17-20-11)8-18-7-5-6-14-18/h5-7,9H,8H2,1-4H3,(H,15,19). The van der Waals surface area contributed by atoms with Crippen LogP contribution in [0.4, 0.5) is 0 Å². The summed E-state index contributed by atoms with van der Waals surface area (Å²) >= 11 is 0. The van der Waals surface area contributed by atoms with Crippen LogP contribution in [0.3, 0.4) is 0 Å². The highest BCUT2D eigenvalue weighted by Crippen LogP contribution is 2.17. The predicted octanol–water partition coefficient (Wildman–Crippen LogP) is 1.54. The van der Waals surface area contributed by atoms with Gasteiger partial charge in [0, 0.05) is 17.8 Å². The van der Waals surface area contributed by atoms with Crippen molar-refractivity contribution < 1.29 is 9.32 Å². The van der Waals surface area contributed by atoms with Gasteiger partial charge in [-0.15, -0.1) is 0 Å². The molecule has 20 heavy (non-hydrogen) atoms. The van der Waals surface area contributed by atoms with Gasteiger partial charge in [0.25, 0.3) is 0 Å². The lowest BCUT2D eigenvalue weighted by molar-refractivity contribution is -0.129. The average molecular weight is 277 g/mol. The van der Waals surface area contributed by atoms with Gasteiger partial charge < -0.3 is 9.84 Å². The Hall–Kier alpha value is -2.18. The van der Waals surface area contributed by atoms with Gasteiger partial charge in [0.1, 0.15) is 12.6 Å².